The molecule has 174 valence electrons. The molecule has 3 aromatic rings. The van der Waals surface area contributed by atoms with Gasteiger partial charge in [-0.2, -0.15) is 0 Å². The summed E-state index contributed by atoms with van der Waals surface area (Å²) in [5.74, 6) is -1.61. The van der Waals surface area contributed by atoms with E-state index >= 15 is 8.78 Å². The summed E-state index contributed by atoms with van der Waals surface area (Å²) in [4.78, 5) is 12.8. The number of hydrogen-bond acceptors (Lipinski definition) is 4. The second-order valence-corrected chi connectivity index (χ2v) is 9.30. The molecule has 3 aliphatic rings. The molecule has 3 atom stereocenters. The van der Waals surface area contributed by atoms with Crippen LogP contribution < -0.4 is 14.8 Å². The van der Waals surface area contributed by atoms with Crippen LogP contribution in [0.2, 0.25) is 5.02 Å². The Morgan fingerprint density at radius 1 is 1.21 bits per heavy atom. The van der Waals surface area contributed by atoms with Crippen LogP contribution in [0.15, 0.2) is 42.5 Å². The number of fused-ring (bicyclic) bond motifs is 4. The van der Waals surface area contributed by atoms with Crippen LogP contribution in [0.3, 0.4) is 0 Å². The van der Waals surface area contributed by atoms with Crippen LogP contribution >= 0.6 is 11.6 Å². The number of carbonyl (C=O) groups excluding carboxylic acids is 1. The van der Waals surface area contributed by atoms with E-state index in [2.05, 4.69) is 5.32 Å². The van der Waals surface area contributed by atoms with E-state index < -0.39 is 29.7 Å². The zero-order chi connectivity index (χ0) is 23.8. The van der Waals surface area contributed by atoms with Crippen LogP contribution in [0.4, 0.5) is 8.78 Å². The molecule has 34 heavy (non-hydrogen) atoms. The second-order valence-electron chi connectivity index (χ2n) is 8.92. The lowest BCUT2D eigenvalue weighted by Gasteiger charge is -2.27. The van der Waals surface area contributed by atoms with Gasteiger partial charge < -0.3 is 19.9 Å². The Balaban J connectivity index is 1.61. The molecule has 1 aliphatic carbocycles. The van der Waals surface area contributed by atoms with Crippen molar-refractivity contribution in [3.8, 4) is 22.6 Å². The van der Waals surface area contributed by atoms with Crippen LogP contribution in [0, 0.1) is 11.6 Å². The first kappa shape index (κ1) is 21.4. The highest BCUT2D eigenvalue weighted by atomic mass is 35.5. The van der Waals surface area contributed by atoms with Gasteiger partial charge in [0.05, 0.1) is 17.2 Å². The van der Waals surface area contributed by atoms with Crippen LogP contribution in [-0.2, 0) is 12.0 Å². The SMILES string of the molecule is CNC(=O)c1cc2c(c(F)c1-c1c(Cl)c(F)cc3c1C[C@@](CO)(c1ccccc1)O3)C1CC1O2. The van der Waals surface area contributed by atoms with Gasteiger partial charge in [0.1, 0.15) is 29.2 Å². The molecule has 1 fully saturated rings. The molecule has 0 saturated heterocycles. The number of rotatable bonds is 4. The van der Waals surface area contributed by atoms with Gasteiger partial charge in [-0.1, -0.05) is 41.9 Å². The van der Waals surface area contributed by atoms with E-state index in [0.29, 0.717) is 28.9 Å². The molecule has 0 radical (unpaired) electrons. The van der Waals surface area contributed by atoms with E-state index in [1.54, 1.807) is 12.1 Å². The summed E-state index contributed by atoms with van der Waals surface area (Å²) in [6.07, 6.45) is 0.710. The molecule has 6 rings (SSSR count). The van der Waals surface area contributed by atoms with Crippen molar-refractivity contribution in [2.24, 2.45) is 0 Å². The van der Waals surface area contributed by atoms with Crippen molar-refractivity contribution in [2.75, 3.05) is 13.7 Å². The van der Waals surface area contributed by atoms with Gasteiger partial charge in [0.25, 0.3) is 5.91 Å². The molecule has 2 N–H and O–H groups in total. The number of amides is 1. The highest BCUT2D eigenvalue weighted by Gasteiger charge is 2.51. The van der Waals surface area contributed by atoms with Crippen molar-refractivity contribution in [3.63, 3.8) is 0 Å². The number of nitrogens with one attached hydrogen (secondary N) is 1. The van der Waals surface area contributed by atoms with Gasteiger partial charge in [0.2, 0.25) is 0 Å². The van der Waals surface area contributed by atoms with Crippen LogP contribution in [0.1, 0.15) is 39.4 Å². The van der Waals surface area contributed by atoms with Crippen molar-refractivity contribution in [1.82, 2.24) is 5.32 Å². The minimum atomic E-state index is -1.19. The first-order valence-electron chi connectivity index (χ1n) is 11.0. The molecule has 0 spiro atoms. The monoisotopic (exact) mass is 483 g/mol. The van der Waals surface area contributed by atoms with Gasteiger partial charge in [-0.05, 0) is 18.1 Å². The molecular weight excluding hydrogens is 464 g/mol. The third-order valence-corrected chi connectivity index (χ3v) is 7.35. The molecule has 5 nitrogen and oxygen atoms in total. The standard InChI is InChI=1S/C26H20ClF2NO4/c1-30-25(32)14-8-19-20(13-7-17(13)33-19)24(29)22(14)21-15-10-26(11-31,12-5-3-2-4-6-12)34-18(15)9-16(28)23(21)27/h2-6,8-9,13,17,31H,7,10-11H2,1H3,(H,30,32)/t13?,17?,26-/m1/s1. The van der Waals surface area contributed by atoms with Crippen LogP contribution in [0.5, 0.6) is 11.5 Å². The predicted octanol–water partition coefficient (Wildman–Crippen LogP) is 4.72. The lowest BCUT2D eigenvalue weighted by atomic mass is 9.85. The lowest BCUT2D eigenvalue weighted by molar-refractivity contribution is 0.0246. The summed E-state index contributed by atoms with van der Waals surface area (Å²) in [7, 11) is 1.43. The maximum Gasteiger partial charge on any atom is 0.251 e. The summed E-state index contributed by atoms with van der Waals surface area (Å²) in [6, 6.07) is 11.7. The zero-order valence-corrected chi connectivity index (χ0v) is 18.9. The number of carbonyl (C=O) groups is 1. The Hall–Kier alpha value is -3.16. The molecule has 0 aromatic heterocycles. The summed E-state index contributed by atoms with van der Waals surface area (Å²) in [5, 5.41) is 12.6. The lowest BCUT2D eigenvalue weighted by Crippen LogP contribution is -2.35. The summed E-state index contributed by atoms with van der Waals surface area (Å²) in [6.45, 7) is -0.392. The first-order chi connectivity index (χ1) is 16.4. The molecule has 2 aliphatic heterocycles. The topological polar surface area (TPSA) is 67.8 Å². The average molecular weight is 484 g/mol. The number of halogens is 3. The highest BCUT2D eigenvalue weighted by Crippen LogP contribution is 2.58. The fourth-order valence-electron chi connectivity index (χ4n) is 5.19. The molecule has 1 amide bonds. The van der Waals surface area contributed by atoms with Gasteiger partial charge in [0.15, 0.2) is 5.60 Å². The fraction of sp³-hybridized carbons (Fsp3) is 0.269. The first-order valence-corrected chi connectivity index (χ1v) is 11.4. The summed E-state index contributed by atoms with van der Waals surface area (Å²) < 4.78 is 43.1. The van der Waals surface area contributed by atoms with E-state index in [4.69, 9.17) is 21.1 Å². The maximum atomic E-state index is 16.1. The van der Waals surface area contributed by atoms with Gasteiger partial charge >= 0.3 is 0 Å². The predicted molar refractivity (Wildman–Crippen MR) is 122 cm³/mol. The normalized spacial score (nSPS) is 23.4. The Kier molecular flexibility index (Phi) is 4.66. The Morgan fingerprint density at radius 2 is 1.97 bits per heavy atom. The maximum absolute atomic E-state index is 16.1. The van der Waals surface area contributed by atoms with Gasteiger partial charge in [-0.3, -0.25) is 4.79 Å². The highest BCUT2D eigenvalue weighted by molar-refractivity contribution is 6.34. The molecule has 2 heterocycles. The zero-order valence-electron chi connectivity index (χ0n) is 18.1. The van der Waals surface area contributed by atoms with Gasteiger partial charge in [0, 0.05) is 47.7 Å². The minimum Gasteiger partial charge on any atom is -0.489 e. The van der Waals surface area contributed by atoms with E-state index in [1.165, 1.54) is 13.1 Å². The average Bonchev–Trinajstić information content (AvgIpc) is 3.34. The van der Waals surface area contributed by atoms with Crippen LogP contribution in [-0.4, -0.2) is 30.8 Å². The van der Waals surface area contributed by atoms with Crippen LogP contribution in [0.25, 0.3) is 11.1 Å². The Morgan fingerprint density at radius 3 is 2.68 bits per heavy atom. The molecule has 1 saturated carbocycles. The fourth-order valence-corrected chi connectivity index (χ4v) is 5.46. The van der Waals surface area contributed by atoms with Crippen molar-refractivity contribution < 1.29 is 28.2 Å². The third kappa shape index (κ3) is 2.90. The van der Waals surface area contributed by atoms with Crippen molar-refractivity contribution in [3.05, 3.63) is 81.4 Å². The van der Waals surface area contributed by atoms with Crippen molar-refractivity contribution in [1.29, 1.82) is 0 Å². The number of hydrogen-bond donors (Lipinski definition) is 2. The number of benzene rings is 3. The number of ether oxygens (including phenoxy) is 2. The van der Waals surface area contributed by atoms with Crippen molar-refractivity contribution in [2.45, 2.75) is 30.5 Å². The Labute approximate surface area is 199 Å². The summed E-state index contributed by atoms with van der Waals surface area (Å²) in [5.41, 5.74) is 0.283. The van der Waals surface area contributed by atoms with Gasteiger partial charge in [-0.25, -0.2) is 8.78 Å². The van der Waals surface area contributed by atoms with Gasteiger partial charge in [-0.15, -0.1) is 0 Å². The van der Waals surface area contributed by atoms with E-state index in [0.717, 1.165) is 6.07 Å². The van der Waals surface area contributed by atoms with E-state index in [1.807, 2.05) is 18.2 Å². The number of aliphatic hydroxyl groups excluding tert-OH is 1. The molecule has 8 heteroatoms. The van der Waals surface area contributed by atoms with Crippen molar-refractivity contribution >= 4 is 17.5 Å². The minimum absolute atomic E-state index is 0.00374. The van der Waals surface area contributed by atoms with E-state index in [9.17, 15) is 9.90 Å². The molecular formula is C26H20ClF2NO4. The smallest absolute Gasteiger partial charge is 0.251 e. The van der Waals surface area contributed by atoms with E-state index in [-0.39, 0.29) is 45.9 Å². The number of aliphatic hydroxyl groups is 1. The quantitative estimate of drug-likeness (QED) is 0.563. The molecule has 0 bridgehead atoms. The summed E-state index contributed by atoms with van der Waals surface area (Å²) >= 11 is 6.46. The molecule has 3 aromatic carbocycles. The Bertz CT molecular complexity index is 1360. The molecule has 2 unspecified atom stereocenters. The largest absolute Gasteiger partial charge is 0.489 e. The second kappa shape index (κ2) is 7.42. The third-order valence-electron chi connectivity index (χ3n) is 6.98.